The Hall–Kier alpha value is -0.300. The smallest absolute Gasteiger partial charge is 0.000528 e. The Bertz CT molecular complexity index is 275. The molecule has 3 aliphatic carbocycles. The lowest BCUT2D eigenvalue weighted by atomic mass is 9.88. The maximum atomic E-state index is 3.76. The van der Waals surface area contributed by atoms with E-state index in [0.717, 1.165) is 17.8 Å². The molecule has 1 heteroatoms. The Morgan fingerprint density at radius 3 is 2.62 bits per heavy atom. The second kappa shape index (κ2) is 4.18. The molecule has 0 aliphatic heterocycles. The molecule has 0 aromatic heterocycles. The van der Waals surface area contributed by atoms with E-state index in [1.807, 2.05) is 0 Å². The molecule has 0 aromatic rings. The topological polar surface area (TPSA) is 12.0 Å². The van der Waals surface area contributed by atoms with E-state index < -0.39 is 0 Å². The van der Waals surface area contributed by atoms with Gasteiger partial charge in [-0.15, -0.1) is 0 Å². The van der Waals surface area contributed by atoms with Crippen LogP contribution in [0.5, 0.6) is 0 Å². The van der Waals surface area contributed by atoms with Crippen LogP contribution in [-0.2, 0) is 0 Å². The largest absolute Gasteiger partial charge is 0.316 e. The summed E-state index contributed by atoms with van der Waals surface area (Å²) in [7, 11) is 0. The molecule has 3 rings (SSSR count). The second-order valence-electron chi connectivity index (χ2n) is 6.69. The van der Waals surface area contributed by atoms with Gasteiger partial charge in [0.15, 0.2) is 0 Å². The molecule has 90 valence electrons. The maximum absolute atomic E-state index is 3.76. The van der Waals surface area contributed by atoms with Crippen LogP contribution in [0, 0.1) is 23.2 Å². The lowest BCUT2D eigenvalue weighted by molar-refractivity contribution is 0.296. The second-order valence-corrected chi connectivity index (χ2v) is 6.69. The molecule has 0 amide bonds. The van der Waals surface area contributed by atoms with Gasteiger partial charge in [-0.2, -0.15) is 0 Å². The zero-order chi connectivity index (χ0) is 11.0. The predicted octanol–water partition coefficient (Wildman–Crippen LogP) is 3.37. The fourth-order valence-corrected chi connectivity index (χ4v) is 4.09. The highest BCUT2D eigenvalue weighted by Crippen LogP contribution is 2.43. The summed E-state index contributed by atoms with van der Waals surface area (Å²) < 4.78 is 0. The number of hydrogen-bond donors (Lipinski definition) is 1. The lowest BCUT2D eigenvalue weighted by Gasteiger charge is -2.26. The molecule has 1 nitrogen and oxygen atoms in total. The van der Waals surface area contributed by atoms with Crippen LogP contribution in [0.3, 0.4) is 0 Å². The van der Waals surface area contributed by atoms with Gasteiger partial charge in [-0.3, -0.25) is 0 Å². The van der Waals surface area contributed by atoms with Gasteiger partial charge in [0.25, 0.3) is 0 Å². The standard InChI is InChI=1S/C15H25N/c1-15(6-2-3-7-15)11-16-10-14-9-12-4-5-13(14)8-12/h4-5,12-14,16H,2-3,6-11H2,1H3. The van der Waals surface area contributed by atoms with E-state index >= 15 is 0 Å². The minimum absolute atomic E-state index is 0.619. The van der Waals surface area contributed by atoms with E-state index in [4.69, 9.17) is 0 Å². The Morgan fingerprint density at radius 1 is 1.19 bits per heavy atom. The zero-order valence-electron chi connectivity index (χ0n) is 10.5. The molecule has 3 unspecified atom stereocenters. The highest BCUT2D eigenvalue weighted by atomic mass is 14.9. The van der Waals surface area contributed by atoms with E-state index in [2.05, 4.69) is 24.4 Å². The van der Waals surface area contributed by atoms with Gasteiger partial charge < -0.3 is 5.32 Å². The van der Waals surface area contributed by atoms with Crippen LogP contribution in [0.4, 0.5) is 0 Å². The Labute approximate surface area is 99.7 Å². The summed E-state index contributed by atoms with van der Waals surface area (Å²) in [6.07, 6.45) is 13.6. The highest BCUT2D eigenvalue weighted by Gasteiger charge is 2.35. The summed E-state index contributed by atoms with van der Waals surface area (Å²) in [6, 6.07) is 0. The molecule has 3 atom stereocenters. The first-order chi connectivity index (χ1) is 7.75. The van der Waals surface area contributed by atoms with Crippen LogP contribution in [0.2, 0.25) is 0 Å². The fourth-order valence-electron chi connectivity index (χ4n) is 4.09. The van der Waals surface area contributed by atoms with Crippen LogP contribution >= 0.6 is 0 Å². The third-order valence-electron chi connectivity index (χ3n) is 5.19. The molecule has 2 saturated carbocycles. The molecule has 2 bridgehead atoms. The highest BCUT2D eigenvalue weighted by molar-refractivity contribution is 5.10. The van der Waals surface area contributed by atoms with Gasteiger partial charge in [-0.1, -0.05) is 31.9 Å². The number of allylic oxidation sites excluding steroid dienone is 2. The minimum Gasteiger partial charge on any atom is -0.316 e. The third-order valence-corrected chi connectivity index (χ3v) is 5.19. The molecular formula is C15H25N. The normalized spacial score (nSPS) is 39.7. The maximum Gasteiger partial charge on any atom is 0.000528 e. The molecule has 2 fully saturated rings. The monoisotopic (exact) mass is 219 g/mol. The van der Waals surface area contributed by atoms with Gasteiger partial charge in [0.2, 0.25) is 0 Å². The molecule has 16 heavy (non-hydrogen) atoms. The quantitative estimate of drug-likeness (QED) is 0.715. The number of rotatable bonds is 4. The summed E-state index contributed by atoms with van der Waals surface area (Å²) in [5.74, 6) is 2.78. The average molecular weight is 219 g/mol. The Morgan fingerprint density at radius 2 is 2.00 bits per heavy atom. The summed E-state index contributed by atoms with van der Waals surface area (Å²) in [5.41, 5.74) is 0.619. The van der Waals surface area contributed by atoms with E-state index in [1.54, 1.807) is 0 Å². The first kappa shape index (κ1) is 10.8. The van der Waals surface area contributed by atoms with Crippen molar-refractivity contribution >= 4 is 0 Å². The fraction of sp³-hybridized carbons (Fsp3) is 0.867. The third kappa shape index (κ3) is 2.07. The van der Waals surface area contributed by atoms with Crippen LogP contribution in [0.1, 0.15) is 45.4 Å². The SMILES string of the molecule is CC1(CNCC2CC3C=CC2C3)CCCC1. The molecular weight excluding hydrogens is 194 g/mol. The molecule has 0 saturated heterocycles. The van der Waals surface area contributed by atoms with E-state index in [0.29, 0.717) is 5.41 Å². The predicted molar refractivity (Wildman–Crippen MR) is 68.3 cm³/mol. The summed E-state index contributed by atoms with van der Waals surface area (Å²) in [5, 5.41) is 3.76. The van der Waals surface area contributed by atoms with E-state index in [9.17, 15) is 0 Å². The lowest BCUT2D eigenvalue weighted by Crippen LogP contribution is -2.34. The molecule has 0 radical (unpaired) electrons. The van der Waals surface area contributed by atoms with Crippen molar-refractivity contribution in [3.8, 4) is 0 Å². The number of hydrogen-bond acceptors (Lipinski definition) is 1. The van der Waals surface area contributed by atoms with Crippen LogP contribution in [0.15, 0.2) is 12.2 Å². The van der Waals surface area contributed by atoms with Gasteiger partial charge in [-0.05, 0) is 55.4 Å². The van der Waals surface area contributed by atoms with Crippen molar-refractivity contribution in [2.75, 3.05) is 13.1 Å². The Balaban J connectivity index is 1.42. The van der Waals surface area contributed by atoms with Crippen molar-refractivity contribution in [2.24, 2.45) is 23.2 Å². The van der Waals surface area contributed by atoms with Crippen molar-refractivity contribution in [1.82, 2.24) is 5.32 Å². The van der Waals surface area contributed by atoms with Crippen LogP contribution in [0.25, 0.3) is 0 Å². The van der Waals surface area contributed by atoms with E-state index in [1.165, 1.54) is 51.6 Å². The number of fused-ring (bicyclic) bond motifs is 2. The number of nitrogens with one attached hydrogen (secondary N) is 1. The molecule has 0 heterocycles. The molecule has 3 aliphatic rings. The summed E-state index contributed by atoms with van der Waals surface area (Å²) in [4.78, 5) is 0. The van der Waals surface area contributed by atoms with Gasteiger partial charge in [0, 0.05) is 6.54 Å². The Kier molecular flexibility index (Phi) is 2.83. The first-order valence-corrected chi connectivity index (χ1v) is 7.14. The minimum atomic E-state index is 0.619. The molecule has 0 aromatic carbocycles. The first-order valence-electron chi connectivity index (χ1n) is 7.14. The van der Waals surface area contributed by atoms with Crippen LogP contribution in [-0.4, -0.2) is 13.1 Å². The van der Waals surface area contributed by atoms with Crippen molar-refractivity contribution in [3.63, 3.8) is 0 Å². The average Bonchev–Trinajstić information content (AvgIpc) is 2.94. The van der Waals surface area contributed by atoms with Gasteiger partial charge in [-0.25, -0.2) is 0 Å². The zero-order valence-corrected chi connectivity index (χ0v) is 10.5. The van der Waals surface area contributed by atoms with Gasteiger partial charge in [0.1, 0.15) is 0 Å². The van der Waals surface area contributed by atoms with Crippen molar-refractivity contribution < 1.29 is 0 Å². The summed E-state index contributed by atoms with van der Waals surface area (Å²) >= 11 is 0. The molecule has 1 N–H and O–H groups in total. The van der Waals surface area contributed by atoms with Crippen molar-refractivity contribution in [3.05, 3.63) is 12.2 Å². The van der Waals surface area contributed by atoms with E-state index in [-0.39, 0.29) is 0 Å². The van der Waals surface area contributed by atoms with Gasteiger partial charge in [0.05, 0.1) is 0 Å². The van der Waals surface area contributed by atoms with Gasteiger partial charge >= 0.3 is 0 Å². The molecule has 0 spiro atoms. The summed E-state index contributed by atoms with van der Waals surface area (Å²) in [6.45, 7) is 4.99. The van der Waals surface area contributed by atoms with Crippen LogP contribution < -0.4 is 5.32 Å². The van der Waals surface area contributed by atoms with Crippen molar-refractivity contribution in [2.45, 2.75) is 45.4 Å². The van der Waals surface area contributed by atoms with Crippen molar-refractivity contribution in [1.29, 1.82) is 0 Å².